The number of aromatic nitrogens is 3. The molecule has 2 rings (SSSR count). The Morgan fingerprint density at radius 1 is 1.44 bits per heavy atom. The molecule has 0 aliphatic rings. The minimum Gasteiger partial charge on any atom is -0.494 e. The van der Waals surface area contributed by atoms with Crippen molar-refractivity contribution in [3.8, 4) is 11.4 Å². The summed E-state index contributed by atoms with van der Waals surface area (Å²) in [5.41, 5.74) is 2.15. The molecule has 82 valence electrons. The molecule has 0 saturated heterocycles. The highest BCUT2D eigenvalue weighted by atomic mass is 16.5. The number of nitrogens with zero attached hydrogens (tertiary/aromatic N) is 3. The van der Waals surface area contributed by atoms with E-state index < -0.39 is 0 Å². The Kier molecular flexibility index (Phi) is 2.68. The average molecular weight is 217 g/mol. The minimum absolute atomic E-state index is 0.567. The van der Waals surface area contributed by atoms with Crippen LogP contribution in [-0.4, -0.2) is 28.4 Å². The molecule has 1 aromatic heterocycles. The van der Waals surface area contributed by atoms with Gasteiger partial charge in [0.1, 0.15) is 17.7 Å². The van der Waals surface area contributed by atoms with Crippen molar-refractivity contribution in [3.63, 3.8) is 0 Å². The van der Waals surface area contributed by atoms with E-state index in [1.54, 1.807) is 36.2 Å². The van der Waals surface area contributed by atoms with Crippen molar-refractivity contribution in [1.29, 1.82) is 0 Å². The summed E-state index contributed by atoms with van der Waals surface area (Å²) in [6.07, 6.45) is 2.57. The van der Waals surface area contributed by atoms with Crippen LogP contribution in [0.5, 0.6) is 5.75 Å². The topological polar surface area (TPSA) is 57.0 Å². The van der Waals surface area contributed by atoms with E-state index in [0.717, 1.165) is 17.7 Å². The van der Waals surface area contributed by atoms with Gasteiger partial charge in [-0.3, -0.25) is 4.79 Å². The minimum atomic E-state index is 0.567. The molecule has 0 N–H and O–H groups in total. The second kappa shape index (κ2) is 4.14. The lowest BCUT2D eigenvalue weighted by molar-refractivity contribution is 0.112. The summed E-state index contributed by atoms with van der Waals surface area (Å²) in [5, 5.41) is 7.85. The van der Waals surface area contributed by atoms with Crippen molar-refractivity contribution < 1.29 is 9.53 Å². The van der Waals surface area contributed by atoms with Crippen molar-refractivity contribution in [1.82, 2.24) is 15.0 Å². The maximum absolute atomic E-state index is 10.6. The number of hydrogen-bond acceptors (Lipinski definition) is 4. The van der Waals surface area contributed by atoms with Crippen LogP contribution in [0.3, 0.4) is 0 Å². The number of carbonyl (C=O) groups is 1. The number of aldehydes is 1. The van der Waals surface area contributed by atoms with E-state index in [-0.39, 0.29) is 0 Å². The molecule has 0 saturated carbocycles. The molecule has 0 aliphatic heterocycles. The van der Waals surface area contributed by atoms with Gasteiger partial charge in [0.25, 0.3) is 0 Å². The summed E-state index contributed by atoms with van der Waals surface area (Å²) >= 11 is 0. The summed E-state index contributed by atoms with van der Waals surface area (Å²) in [5.74, 6) is 0.592. The molecule has 1 heterocycles. The van der Waals surface area contributed by atoms with Crippen LogP contribution < -0.4 is 4.74 Å². The molecule has 0 spiro atoms. The molecule has 1 aromatic carbocycles. The van der Waals surface area contributed by atoms with Crippen LogP contribution in [-0.2, 0) is 0 Å². The van der Waals surface area contributed by atoms with E-state index >= 15 is 0 Å². The molecule has 0 bridgehead atoms. The summed E-state index contributed by atoms with van der Waals surface area (Å²) in [6.45, 7) is 1.86. The number of rotatable bonds is 3. The zero-order valence-electron chi connectivity index (χ0n) is 9.04. The third-order valence-corrected chi connectivity index (χ3v) is 2.19. The Balaban J connectivity index is 2.52. The van der Waals surface area contributed by atoms with Crippen LogP contribution >= 0.6 is 0 Å². The van der Waals surface area contributed by atoms with E-state index in [9.17, 15) is 4.79 Å². The van der Waals surface area contributed by atoms with Crippen molar-refractivity contribution in [2.45, 2.75) is 6.92 Å². The quantitative estimate of drug-likeness (QED) is 0.729. The van der Waals surface area contributed by atoms with E-state index in [1.165, 1.54) is 0 Å². The summed E-state index contributed by atoms with van der Waals surface area (Å²) in [7, 11) is 1.55. The summed E-state index contributed by atoms with van der Waals surface area (Å²) in [4.78, 5) is 10.6. The molecule has 0 atom stereocenters. The lowest BCUT2D eigenvalue weighted by Crippen LogP contribution is -1.99. The van der Waals surface area contributed by atoms with Gasteiger partial charge in [-0.25, -0.2) is 4.68 Å². The van der Waals surface area contributed by atoms with Gasteiger partial charge in [0.05, 0.1) is 19.0 Å². The van der Waals surface area contributed by atoms with Crippen LogP contribution in [0.4, 0.5) is 0 Å². The molecular formula is C11H11N3O2. The highest BCUT2D eigenvalue weighted by Crippen LogP contribution is 2.22. The Hall–Kier alpha value is -2.17. The van der Waals surface area contributed by atoms with Gasteiger partial charge in [-0.2, -0.15) is 0 Å². The molecule has 2 aromatic rings. The van der Waals surface area contributed by atoms with Crippen LogP contribution in [0.2, 0.25) is 0 Å². The molecule has 16 heavy (non-hydrogen) atoms. The Labute approximate surface area is 92.7 Å². The van der Waals surface area contributed by atoms with Gasteiger partial charge in [0, 0.05) is 5.56 Å². The molecule has 0 amide bonds. The number of hydrogen-bond donors (Lipinski definition) is 0. The maximum atomic E-state index is 10.6. The smallest absolute Gasteiger partial charge is 0.150 e. The molecule has 0 fully saturated rings. The van der Waals surface area contributed by atoms with Crippen LogP contribution in [0.15, 0.2) is 24.4 Å². The lowest BCUT2D eigenvalue weighted by atomic mass is 10.2. The lowest BCUT2D eigenvalue weighted by Gasteiger charge is -2.07. The third kappa shape index (κ3) is 1.79. The van der Waals surface area contributed by atoms with E-state index in [4.69, 9.17) is 4.74 Å². The third-order valence-electron chi connectivity index (χ3n) is 2.19. The monoisotopic (exact) mass is 217 g/mol. The zero-order valence-corrected chi connectivity index (χ0v) is 9.04. The Bertz CT molecular complexity index is 520. The van der Waals surface area contributed by atoms with Gasteiger partial charge in [-0.15, -0.1) is 5.10 Å². The first-order valence-electron chi connectivity index (χ1n) is 4.77. The molecule has 0 unspecified atom stereocenters. The zero-order chi connectivity index (χ0) is 11.5. The van der Waals surface area contributed by atoms with Gasteiger partial charge in [0.2, 0.25) is 0 Å². The Morgan fingerprint density at radius 3 is 2.81 bits per heavy atom. The number of ether oxygens (including phenoxy) is 1. The fourth-order valence-electron chi connectivity index (χ4n) is 1.42. The van der Waals surface area contributed by atoms with Crippen LogP contribution in [0, 0.1) is 6.92 Å². The number of aryl methyl sites for hydroxylation is 1. The summed E-state index contributed by atoms with van der Waals surface area (Å²) < 4.78 is 6.82. The second-order valence-electron chi connectivity index (χ2n) is 3.35. The van der Waals surface area contributed by atoms with E-state index in [0.29, 0.717) is 11.3 Å². The predicted molar refractivity (Wildman–Crippen MR) is 58.0 cm³/mol. The van der Waals surface area contributed by atoms with E-state index in [1.807, 2.05) is 6.92 Å². The van der Waals surface area contributed by atoms with E-state index in [2.05, 4.69) is 10.3 Å². The number of methoxy groups -OCH3 is 1. The van der Waals surface area contributed by atoms with Crippen molar-refractivity contribution >= 4 is 6.29 Å². The van der Waals surface area contributed by atoms with Crippen molar-refractivity contribution in [2.75, 3.05) is 7.11 Å². The van der Waals surface area contributed by atoms with Gasteiger partial charge < -0.3 is 4.74 Å². The first kappa shape index (κ1) is 10.4. The van der Waals surface area contributed by atoms with Gasteiger partial charge in [-0.05, 0) is 25.1 Å². The molecular weight excluding hydrogens is 206 g/mol. The average Bonchev–Trinajstić information content (AvgIpc) is 2.74. The number of benzene rings is 1. The van der Waals surface area contributed by atoms with Gasteiger partial charge >= 0.3 is 0 Å². The summed E-state index contributed by atoms with van der Waals surface area (Å²) in [6, 6.07) is 5.15. The van der Waals surface area contributed by atoms with Crippen molar-refractivity contribution in [3.05, 3.63) is 35.7 Å². The standard InChI is InChI=1S/C11H11N3O2/c1-8-6-14(13-12-8)10-4-3-9(7-15)5-11(10)16-2/h3-7H,1-2H3. The first-order chi connectivity index (χ1) is 7.74. The Morgan fingerprint density at radius 2 is 2.25 bits per heavy atom. The molecule has 0 aliphatic carbocycles. The van der Waals surface area contributed by atoms with Crippen molar-refractivity contribution in [2.24, 2.45) is 0 Å². The number of carbonyl (C=O) groups excluding carboxylic acids is 1. The fourth-order valence-corrected chi connectivity index (χ4v) is 1.42. The largest absolute Gasteiger partial charge is 0.494 e. The van der Waals surface area contributed by atoms with Crippen LogP contribution in [0.1, 0.15) is 16.1 Å². The normalized spacial score (nSPS) is 10.1. The van der Waals surface area contributed by atoms with Gasteiger partial charge in [-0.1, -0.05) is 5.21 Å². The maximum Gasteiger partial charge on any atom is 0.150 e. The predicted octanol–water partition coefficient (Wildman–Crippen LogP) is 1.40. The van der Waals surface area contributed by atoms with Crippen LogP contribution in [0.25, 0.3) is 5.69 Å². The second-order valence-corrected chi connectivity index (χ2v) is 3.35. The molecule has 5 nitrogen and oxygen atoms in total. The molecule has 5 heteroatoms. The van der Waals surface area contributed by atoms with Gasteiger partial charge in [0.15, 0.2) is 0 Å². The molecule has 0 radical (unpaired) electrons. The first-order valence-corrected chi connectivity index (χ1v) is 4.77. The SMILES string of the molecule is COc1cc(C=O)ccc1-n1cc(C)nn1. The highest BCUT2D eigenvalue weighted by molar-refractivity contribution is 5.76. The highest BCUT2D eigenvalue weighted by Gasteiger charge is 2.07. The fraction of sp³-hybridized carbons (Fsp3) is 0.182.